The van der Waals surface area contributed by atoms with Crippen molar-refractivity contribution in [1.29, 1.82) is 0 Å². The van der Waals surface area contributed by atoms with E-state index in [0.29, 0.717) is 0 Å². The Labute approximate surface area is 121 Å². The molecule has 0 amide bonds. The Hall–Kier alpha value is -2.00. The second-order valence-electron chi connectivity index (χ2n) is 5.20. The highest BCUT2D eigenvalue weighted by Crippen LogP contribution is 2.11. The van der Waals surface area contributed by atoms with E-state index < -0.39 is 0 Å². The minimum Gasteiger partial charge on any atom is -0.388 e. The van der Waals surface area contributed by atoms with Crippen molar-refractivity contribution in [1.82, 2.24) is 0 Å². The van der Waals surface area contributed by atoms with Gasteiger partial charge in [-0.25, -0.2) is 0 Å². The molecule has 0 unspecified atom stereocenters. The number of nitrogens with one attached hydrogen (secondary N) is 1. The molecule has 0 heterocycles. The molecular formula is C17H24N3+. The third kappa shape index (κ3) is 4.00. The van der Waals surface area contributed by atoms with Gasteiger partial charge in [0, 0.05) is 43.6 Å². The number of anilines is 2. The van der Waals surface area contributed by atoms with Gasteiger partial charge in [0.25, 0.3) is 0 Å². The normalized spacial score (nSPS) is 10.3. The van der Waals surface area contributed by atoms with Crippen molar-refractivity contribution in [2.24, 2.45) is 0 Å². The zero-order valence-electron chi connectivity index (χ0n) is 12.6. The Kier molecular flexibility index (Phi) is 5.02. The van der Waals surface area contributed by atoms with Gasteiger partial charge in [-0.05, 0) is 24.3 Å². The standard InChI is InChI=1S/C17H23N3/c1-18-16-8-4-14(5-9-16)12-19-13-15-6-10-17(11-7-15)20(2)3/h4-11,18-19H,12-13H2,1-3H3/p+1. The minimum atomic E-state index is 1.01. The first-order valence-electron chi connectivity index (χ1n) is 7.03. The lowest BCUT2D eigenvalue weighted by Crippen LogP contribution is -2.80. The van der Waals surface area contributed by atoms with Crippen LogP contribution < -0.4 is 15.5 Å². The lowest BCUT2D eigenvalue weighted by Gasteiger charge is -2.12. The summed E-state index contributed by atoms with van der Waals surface area (Å²) in [4.78, 5) is 2.12. The van der Waals surface area contributed by atoms with E-state index in [1.54, 1.807) is 0 Å². The molecule has 3 nitrogen and oxygen atoms in total. The Bertz CT molecular complexity index is 515. The summed E-state index contributed by atoms with van der Waals surface area (Å²) in [6.45, 7) is 2.03. The van der Waals surface area contributed by atoms with E-state index in [-0.39, 0.29) is 0 Å². The lowest BCUT2D eigenvalue weighted by molar-refractivity contribution is -0.686. The predicted octanol–water partition coefficient (Wildman–Crippen LogP) is 2.06. The third-order valence-corrected chi connectivity index (χ3v) is 3.46. The van der Waals surface area contributed by atoms with Crippen LogP contribution in [0.1, 0.15) is 11.1 Å². The molecule has 3 N–H and O–H groups in total. The van der Waals surface area contributed by atoms with Crippen LogP contribution in [0.3, 0.4) is 0 Å². The molecule has 0 fully saturated rings. The average Bonchev–Trinajstić information content (AvgIpc) is 2.48. The Morgan fingerprint density at radius 1 is 0.850 bits per heavy atom. The van der Waals surface area contributed by atoms with Crippen molar-refractivity contribution >= 4 is 11.4 Å². The molecule has 0 spiro atoms. The molecule has 106 valence electrons. The fourth-order valence-corrected chi connectivity index (χ4v) is 2.14. The van der Waals surface area contributed by atoms with Crippen molar-refractivity contribution in [3.8, 4) is 0 Å². The van der Waals surface area contributed by atoms with Crippen LogP contribution in [0.2, 0.25) is 0 Å². The molecule has 0 aliphatic rings. The van der Waals surface area contributed by atoms with Gasteiger partial charge < -0.3 is 15.5 Å². The molecule has 0 aliphatic heterocycles. The number of nitrogens with zero attached hydrogens (tertiary/aromatic N) is 1. The smallest absolute Gasteiger partial charge is 0.101 e. The first-order chi connectivity index (χ1) is 9.69. The summed E-state index contributed by atoms with van der Waals surface area (Å²) in [6, 6.07) is 17.3. The summed E-state index contributed by atoms with van der Waals surface area (Å²) in [5, 5.41) is 5.47. The topological polar surface area (TPSA) is 31.9 Å². The van der Waals surface area contributed by atoms with Gasteiger partial charge in [-0.2, -0.15) is 0 Å². The van der Waals surface area contributed by atoms with Gasteiger partial charge in [0.15, 0.2) is 0 Å². The molecular weight excluding hydrogens is 246 g/mol. The highest BCUT2D eigenvalue weighted by Gasteiger charge is 1.99. The van der Waals surface area contributed by atoms with Gasteiger partial charge in [-0.3, -0.25) is 0 Å². The number of quaternary nitrogens is 1. The second-order valence-corrected chi connectivity index (χ2v) is 5.20. The monoisotopic (exact) mass is 270 g/mol. The lowest BCUT2D eigenvalue weighted by atomic mass is 10.1. The van der Waals surface area contributed by atoms with Gasteiger partial charge in [0.2, 0.25) is 0 Å². The summed E-state index contributed by atoms with van der Waals surface area (Å²) in [7, 11) is 6.07. The van der Waals surface area contributed by atoms with Crippen molar-refractivity contribution in [2.45, 2.75) is 13.1 Å². The van der Waals surface area contributed by atoms with Crippen LogP contribution in [0, 0.1) is 0 Å². The molecule has 0 atom stereocenters. The van der Waals surface area contributed by atoms with Crippen LogP contribution in [-0.4, -0.2) is 21.1 Å². The Balaban J connectivity index is 1.82. The molecule has 0 aliphatic carbocycles. The highest BCUT2D eigenvalue weighted by molar-refractivity contribution is 5.46. The van der Waals surface area contributed by atoms with Crippen molar-refractivity contribution in [3.63, 3.8) is 0 Å². The average molecular weight is 270 g/mol. The molecule has 20 heavy (non-hydrogen) atoms. The number of benzene rings is 2. The second kappa shape index (κ2) is 6.96. The zero-order valence-corrected chi connectivity index (χ0v) is 12.6. The van der Waals surface area contributed by atoms with E-state index in [1.165, 1.54) is 16.8 Å². The van der Waals surface area contributed by atoms with Gasteiger partial charge in [0.1, 0.15) is 13.1 Å². The molecule has 2 aromatic rings. The van der Waals surface area contributed by atoms with Crippen molar-refractivity contribution in [2.75, 3.05) is 31.4 Å². The molecule has 2 aromatic carbocycles. The van der Waals surface area contributed by atoms with Crippen molar-refractivity contribution < 1.29 is 5.32 Å². The van der Waals surface area contributed by atoms with Crippen LogP contribution in [0.15, 0.2) is 48.5 Å². The summed E-state index contributed by atoms with van der Waals surface area (Å²) in [5.74, 6) is 0. The SMILES string of the molecule is CNc1ccc(C[NH2+]Cc2ccc(N(C)C)cc2)cc1. The largest absolute Gasteiger partial charge is 0.388 e. The molecule has 0 saturated heterocycles. The first-order valence-corrected chi connectivity index (χ1v) is 7.03. The zero-order chi connectivity index (χ0) is 14.4. The molecule has 0 aromatic heterocycles. The molecule has 3 heteroatoms. The molecule has 2 rings (SSSR count). The van der Waals surface area contributed by atoms with Crippen LogP contribution in [0.5, 0.6) is 0 Å². The van der Waals surface area contributed by atoms with E-state index in [1.807, 2.05) is 7.05 Å². The van der Waals surface area contributed by atoms with Gasteiger partial charge in [-0.1, -0.05) is 24.3 Å². The van der Waals surface area contributed by atoms with Gasteiger partial charge in [0.05, 0.1) is 0 Å². The van der Waals surface area contributed by atoms with E-state index in [9.17, 15) is 0 Å². The minimum absolute atomic E-state index is 1.01. The molecule has 0 saturated carbocycles. The van der Waals surface area contributed by atoms with Crippen LogP contribution in [-0.2, 0) is 13.1 Å². The van der Waals surface area contributed by atoms with Crippen LogP contribution >= 0.6 is 0 Å². The van der Waals surface area contributed by atoms with E-state index in [0.717, 1.165) is 18.8 Å². The molecule has 0 bridgehead atoms. The van der Waals surface area contributed by atoms with E-state index in [2.05, 4.69) is 78.2 Å². The first kappa shape index (κ1) is 14.4. The molecule has 0 radical (unpaired) electrons. The van der Waals surface area contributed by atoms with Crippen LogP contribution in [0.25, 0.3) is 0 Å². The number of hydrogen-bond donors (Lipinski definition) is 2. The van der Waals surface area contributed by atoms with Gasteiger partial charge >= 0.3 is 0 Å². The summed E-state index contributed by atoms with van der Waals surface area (Å²) < 4.78 is 0. The maximum absolute atomic E-state index is 3.14. The maximum Gasteiger partial charge on any atom is 0.101 e. The number of hydrogen-bond acceptors (Lipinski definition) is 2. The number of nitrogens with two attached hydrogens (primary N) is 1. The summed E-state index contributed by atoms with van der Waals surface area (Å²) >= 11 is 0. The Morgan fingerprint density at radius 3 is 1.80 bits per heavy atom. The number of rotatable bonds is 6. The van der Waals surface area contributed by atoms with Crippen LogP contribution in [0.4, 0.5) is 11.4 Å². The Morgan fingerprint density at radius 2 is 1.35 bits per heavy atom. The van der Waals surface area contributed by atoms with E-state index >= 15 is 0 Å². The fourth-order valence-electron chi connectivity index (χ4n) is 2.14. The third-order valence-electron chi connectivity index (χ3n) is 3.46. The van der Waals surface area contributed by atoms with Crippen molar-refractivity contribution in [3.05, 3.63) is 59.7 Å². The summed E-state index contributed by atoms with van der Waals surface area (Å²) in [5.41, 5.74) is 5.13. The fraction of sp³-hybridized carbons (Fsp3) is 0.294. The quantitative estimate of drug-likeness (QED) is 0.842. The maximum atomic E-state index is 3.14. The highest BCUT2D eigenvalue weighted by atomic mass is 15.1. The van der Waals surface area contributed by atoms with Gasteiger partial charge in [-0.15, -0.1) is 0 Å². The predicted molar refractivity (Wildman–Crippen MR) is 86.1 cm³/mol. The summed E-state index contributed by atoms with van der Waals surface area (Å²) in [6.07, 6.45) is 0. The van der Waals surface area contributed by atoms with E-state index in [4.69, 9.17) is 0 Å².